The van der Waals surface area contributed by atoms with E-state index in [1.54, 1.807) is 0 Å². The molecule has 17 heavy (non-hydrogen) atoms. The summed E-state index contributed by atoms with van der Waals surface area (Å²) in [5.74, 6) is -1.14. The molecule has 0 aromatic carbocycles. The molecule has 0 aliphatic heterocycles. The van der Waals surface area contributed by atoms with Crippen molar-refractivity contribution >= 4 is 5.97 Å². The van der Waals surface area contributed by atoms with Gasteiger partial charge < -0.3 is 10.1 Å². The Bertz CT molecular complexity index is 495. The zero-order valence-corrected chi connectivity index (χ0v) is 9.26. The molecule has 1 saturated carbocycles. The summed E-state index contributed by atoms with van der Waals surface area (Å²) >= 11 is 0. The summed E-state index contributed by atoms with van der Waals surface area (Å²) in [5, 5.41) is 8.87. The highest BCUT2D eigenvalue weighted by atomic mass is 16.4. The lowest BCUT2D eigenvalue weighted by molar-refractivity contribution is -0.143. The van der Waals surface area contributed by atoms with Crippen molar-refractivity contribution in [1.82, 2.24) is 9.55 Å². The Balaban J connectivity index is 2.19. The number of H-pyrrole nitrogens is 1. The lowest BCUT2D eigenvalue weighted by atomic mass is 9.86. The first kappa shape index (κ1) is 11.6. The van der Waals surface area contributed by atoms with Crippen LogP contribution in [0.4, 0.5) is 0 Å². The average Bonchev–Trinajstić information content (AvgIpc) is 2.29. The van der Waals surface area contributed by atoms with Gasteiger partial charge in [-0.2, -0.15) is 0 Å². The first-order valence-electron chi connectivity index (χ1n) is 5.62. The predicted octanol–water partition coefficient (Wildman–Crippen LogP) is 0.353. The van der Waals surface area contributed by atoms with E-state index in [0.717, 1.165) is 0 Å². The van der Waals surface area contributed by atoms with E-state index in [1.807, 2.05) is 0 Å². The second-order valence-corrected chi connectivity index (χ2v) is 4.33. The van der Waals surface area contributed by atoms with E-state index >= 15 is 0 Å². The Morgan fingerprint density at radius 3 is 2.47 bits per heavy atom. The topological polar surface area (TPSA) is 92.2 Å². The Hall–Kier alpha value is -1.85. The molecule has 2 rings (SSSR count). The molecule has 0 spiro atoms. The summed E-state index contributed by atoms with van der Waals surface area (Å²) in [6, 6.07) is 1.13. The highest BCUT2D eigenvalue weighted by Crippen LogP contribution is 2.30. The number of hydrogen-bond donors (Lipinski definition) is 2. The van der Waals surface area contributed by atoms with Crippen molar-refractivity contribution in [3.63, 3.8) is 0 Å². The maximum atomic E-state index is 11.6. The number of carbonyl (C=O) groups is 1. The van der Waals surface area contributed by atoms with Crippen LogP contribution in [0.25, 0.3) is 0 Å². The van der Waals surface area contributed by atoms with E-state index in [-0.39, 0.29) is 17.5 Å². The molecule has 0 bridgehead atoms. The summed E-state index contributed by atoms with van der Waals surface area (Å²) in [4.78, 5) is 36.4. The van der Waals surface area contributed by atoms with Crippen LogP contribution in [0.15, 0.2) is 21.9 Å². The first-order chi connectivity index (χ1) is 8.09. The molecule has 6 heteroatoms. The fraction of sp³-hybridized carbons (Fsp3) is 0.545. The van der Waals surface area contributed by atoms with Crippen LogP contribution in [0.3, 0.4) is 0 Å². The summed E-state index contributed by atoms with van der Waals surface area (Å²) < 4.78 is 1.19. The van der Waals surface area contributed by atoms with Gasteiger partial charge in [-0.1, -0.05) is 0 Å². The molecular formula is C11H14N2O4. The van der Waals surface area contributed by atoms with Crippen molar-refractivity contribution in [1.29, 1.82) is 0 Å². The van der Waals surface area contributed by atoms with E-state index in [0.29, 0.717) is 25.7 Å². The molecule has 0 unspecified atom stereocenters. The van der Waals surface area contributed by atoms with Crippen LogP contribution in [0.1, 0.15) is 31.7 Å². The van der Waals surface area contributed by atoms with E-state index in [9.17, 15) is 14.4 Å². The summed E-state index contributed by atoms with van der Waals surface area (Å²) in [7, 11) is 0. The lowest BCUT2D eigenvalue weighted by Gasteiger charge is -2.26. The number of nitrogens with zero attached hydrogens (tertiary/aromatic N) is 1. The van der Waals surface area contributed by atoms with Crippen LogP contribution in [-0.2, 0) is 4.79 Å². The standard InChI is InChI=1S/C11H14N2O4/c14-9-5-6-12-11(17)13(9)8-3-1-7(2-4-8)10(15)16/h5-8H,1-4H2,(H,12,17)(H,15,16). The number of rotatable bonds is 2. The maximum absolute atomic E-state index is 11.6. The molecule has 1 aliphatic rings. The largest absolute Gasteiger partial charge is 0.481 e. The molecule has 0 amide bonds. The quantitative estimate of drug-likeness (QED) is 0.777. The SMILES string of the molecule is O=C(O)C1CCC(n2c(=O)cc[nH]c2=O)CC1. The zero-order chi connectivity index (χ0) is 12.4. The fourth-order valence-electron chi connectivity index (χ4n) is 2.36. The number of aromatic nitrogens is 2. The van der Waals surface area contributed by atoms with Gasteiger partial charge >= 0.3 is 11.7 Å². The molecule has 1 aromatic rings. The minimum absolute atomic E-state index is 0.178. The van der Waals surface area contributed by atoms with E-state index in [4.69, 9.17) is 5.11 Å². The van der Waals surface area contributed by atoms with Crippen LogP contribution in [0.5, 0.6) is 0 Å². The van der Waals surface area contributed by atoms with Gasteiger partial charge in [0.15, 0.2) is 0 Å². The normalized spacial score (nSPS) is 24.5. The van der Waals surface area contributed by atoms with Crippen molar-refractivity contribution in [2.75, 3.05) is 0 Å². The van der Waals surface area contributed by atoms with Crippen LogP contribution in [0, 0.1) is 5.92 Å². The number of aromatic amines is 1. The van der Waals surface area contributed by atoms with Gasteiger partial charge in [0.25, 0.3) is 5.56 Å². The minimum atomic E-state index is -0.794. The summed E-state index contributed by atoms with van der Waals surface area (Å²) in [5.41, 5.74) is -0.746. The number of carboxylic acid groups (broad SMARTS) is 1. The Kier molecular flexibility index (Phi) is 3.12. The summed E-state index contributed by atoms with van der Waals surface area (Å²) in [6.45, 7) is 0. The van der Waals surface area contributed by atoms with Crippen molar-refractivity contribution in [2.45, 2.75) is 31.7 Å². The molecule has 1 aromatic heterocycles. The molecule has 1 heterocycles. The first-order valence-corrected chi connectivity index (χ1v) is 5.62. The van der Waals surface area contributed by atoms with Gasteiger partial charge in [-0.25, -0.2) is 4.79 Å². The van der Waals surface area contributed by atoms with Gasteiger partial charge in [-0.05, 0) is 25.7 Å². The predicted molar refractivity (Wildman–Crippen MR) is 60.0 cm³/mol. The molecule has 0 radical (unpaired) electrons. The van der Waals surface area contributed by atoms with E-state index in [2.05, 4.69) is 4.98 Å². The van der Waals surface area contributed by atoms with Gasteiger partial charge in [0.1, 0.15) is 0 Å². The molecule has 2 N–H and O–H groups in total. The molecule has 1 aliphatic carbocycles. The molecule has 0 atom stereocenters. The van der Waals surface area contributed by atoms with Crippen LogP contribution < -0.4 is 11.2 Å². The average molecular weight is 238 g/mol. The maximum Gasteiger partial charge on any atom is 0.328 e. The fourth-order valence-corrected chi connectivity index (χ4v) is 2.36. The minimum Gasteiger partial charge on any atom is -0.481 e. The third-order valence-corrected chi connectivity index (χ3v) is 3.30. The van der Waals surface area contributed by atoms with Gasteiger partial charge in [-0.3, -0.25) is 14.2 Å². The zero-order valence-electron chi connectivity index (χ0n) is 9.26. The second kappa shape index (κ2) is 4.57. The Morgan fingerprint density at radius 2 is 1.94 bits per heavy atom. The molecular weight excluding hydrogens is 224 g/mol. The Labute approximate surface area is 96.9 Å². The Morgan fingerprint density at radius 1 is 1.29 bits per heavy atom. The van der Waals surface area contributed by atoms with Gasteiger partial charge in [0, 0.05) is 18.3 Å². The molecule has 0 saturated heterocycles. The van der Waals surface area contributed by atoms with Crippen molar-refractivity contribution in [2.24, 2.45) is 5.92 Å². The van der Waals surface area contributed by atoms with E-state index in [1.165, 1.54) is 16.8 Å². The van der Waals surface area contributed by atoms with Gasteiger partial charge in [-0.15, -0.1) is 0 Å². The van der Waals surface area contributed by atoms with E-state index < -0.39 is 11.7 Å². The monoisotopic (exact) mass is 238 g/mol. The third kappa shape index (κ3) is 2.30. The van der Waals surface area contributed by atoms with Crippen LogP contribution >= 0.6 is 0 Å². The van der Waals surface area contributed by atoms with Gasteiger partial charge in [0.2, 0.25) is 0 Å². The van der Waals surface area contributed by atoms with Crippen molar-refractivity contribution in [3.05, 3.63) is 33.1 Å². The highest BCUT2D eigenvalue weighted by Gasteiger charge is 2.27. The number of aliphatic carboxylic acids is 1. The van der Waals surface area contributed by atoms with Crippen LogP contribution in [0.2, 0.25) is 0 Å². The molecule has 6 nitrogen and oxygen atoms in total. The van der Waals surface area contributed by atoms with Crippen molar-refractivity contribution in [3.8, 4) is 0 Å². The number of nitrogens with one attached hydrogen (secondary N) is 1. The summed E-state index contributed by atoms with van der Waals surface area (Å²) in [6.07, 6.45) is 3.47. The highest BCUT2D eigenvalue weighted by molar-refractivity contribution is 5.70. The number of carboxylic acids is 1. The molecule has 1 fully saturated rings. The second-order valence-electron chi connectivity index (χ2n) is 4.33. The van der Waals surface area contributed by atoms with Crippen LogP contribution in [-0.4, -0.2) is 20.6 Å². The molecule has 92 valence electrons. The smallest absolute Gasteiger partial charge is 0.328 e. The third-order valence-electron chi connectivity index (χ3n) is 3.30. The van der Waals surface area contributed by atoms with Crippen molar-refractivity contribution < 1.29 is 9.90 Å². The lowest BCUT2D eigenvalue weighted by Crippen LogP contribution is -2.39. The number of hydrogen-bond acceptors (Lipinski definition) is 3. The van der Waals surface area contributed by atoms with Gasteiger partial charge in [0.05, 0.1) is 5.92 Å².